The molecule has 1 aromatic carbocycles. The van der Waals surface area contributed by atoms with Gasteiger partial charge in [-0.25, -0.2) is 0 Å². The molecule has 0 saturated carbocycles. The Bertz CT molecular complexity index is 438. The van der Waals surface area contributed by atoms with E-state index in [4.69, 9.17) is 11.5 Å². The average molecular weight is 233 g/mol. The van der Waals surface area contributed by atoms with Gasteiger partial charge < -0.3 is 16.0 Å². The molecule has 5 nitrogen and oxygen atoms in total. The standard InChI is InChI=1S/C8H11N.C4H4N2O2/c1-7(9)8-5-3-2-4-6-8;5-4(7)3-1-2-8-6-3/h2-7H,9H2,1H3;1-2H,(H2,5,7)/t7-;/m0./s1. The van der Waals surface area contributed by atoms with E-state index in [1.54, 1.807) is 0 Å². The highest BCUT2D eigenvalue weighted by Crippen LogP contribution is 2.06. The molecule has 5 heteroatoms. The Morgan fingerprint density at radius 1 is 1.29 bits per heavy atom. The topological polar surface area (TPSA) is 95.1 Å². The van der Waals surface area contributed by atoms with Crippen molar-refractivity contribution in [1.82, 2.24) is 5.16 Å². The van der Waals surface area contributed by atoms with E-state index >= 15 is 0 Å². The number of benzene rings is 1. The van der Waals surface area contributed by atoms with E-state index in [1.807, 2.05) is 37.3 Å². The summed E-state index contributed by atoms with van der Waals surface area (Å²) < 4.78 is 4.32. The fourth-order valence-corrected chi connectivity index (χ4v) is 1.10. The quantitative estimate of drug-likeness (QED) is 0.821. The second-order valence-electron chi connectivity index (χ2n) is 3.45. The van der Waals surface area contributed by atoms with E-state index in [1.165, 1.54) is 17.9 Å². The maximum absolute atomic E-state index is 10.2. The maximum atomic E-state index is 10.2. The SMILES string of the molecule is C[C@H](N)c1ccccc1.NC(=O)c1ccon1. The predicted molar refractivity (Wildman–Crippen MR) is 64.1 cm³/mol. The van der Waals surface area contributed by atoms with Crippen LogP contribution in [0.1, 0.15) is 29.0 Å². The number of rotatable bonds is 2. The molecule has 0 aliphatic rings. The Labute approximate surface area is 99.4 Å². The van der Waals surface area contributed by atoms with E-state index in [0.29, 0.717) is 0 Å². The average Bonchev–Trinajstić information content (AvgIpc) is 2.84. The van der Waals surface area contributed by atoms with Crippen LogP contribution in [0.25, 0.3) is 0 Å². The van der Waals surface area contributed by atoms with Crippen molar-refractivity contribution < 1.29 is 9.32 Å². The number of carbonyl (C=O) groups excluding carboxylic acids is 1. The first-order valence-corrected chi connectivity index (χ1v) is 5.12. The van der Waals surface area contributed by atoms with Gasteiger partial charge >= 0.3 is 0 Å². The third-order valence-corrected chi connectivity index (χ3v) is 2.02. The highest BCUT2D eigenvalue weighted by atomic mass is 16.5. The van der Waals surface area contributed by atoms with Gasteiger partial charge in [0.2, 0.25) is 0 Å². The van der Waals surface area contributed by atoms with E-state index in [0.717, 1.165) is 0 Å². The smallest absolute Gasteiger partial charge is 0.270 e. The third-order valence-electron chi connectivity index (χ3n) is 2.02. The minimum absolute atomic E-state index is 0.157. The van der Waals surface area contributed by atoms with Gasteiger partial charge in [-0.15, -0.1) is 0 Å². The number of nitrogens with two attached hydrogens (primary N) is 2. The molecule has 17 heavy (non-hydrogen) atoms. The van der Waals surface area contributed by atoms with Gasteiger partial charge in [0.15, 0.2) is 5.69 Å². The molecule has 2 rings (SSSR count). The summed E-state index contributed by atoms with van der Waals surface area (Å²) in [6.07, 6.45) is 1.29. The monoisotopic (exact) mass is 233 g/mol. The molecule has 0 saturated heterocycles. The minimum atomic E-state index is -0.571. The van der Waals surface area contributed by atoms with Gasteiger partial charge in [-0.2, -0.15) is 0 Å². The lowest BCUT2D eigenvalue weighted by Crippen LogP contribution is -2.10. The van der Waals surface area contributed by atoms with E-state index in [-0.39, 0.29) is 11.7 Å². The lowest BCUT2D eigenvalue weighted by atomic mass is 10.1. The van der Waals surface area contributed by atoms with E-state index in [2.05, 4.69) is 9.68 Å². The molecule has 2 aromatic rings. The van der Waals surface area contributed by atoms with E-state index in [9.17, 15) is 4.79 Å². The fraction of sp³-hybridized carbons (Fsp3) is 0.167. The van der Waals surface area contributed by atoms with Gasteiger partial charge in [0, 0.05) is 12.1 Å². The number of amides is 1. The molecule has 4 N–H and O–H groups in total. The van der Waals surface area contributed by atoms with Gasteiger partial charge in [0.05, 0.1) is 0 Å². The zero-order chi connectivity index (χ0) is 12.7. The highest BCUT2D eigenvalue weighted by Gasteiger charge is 2.00. The summed E-state index contributed by atoms with van der Waals surface area (Å²) in [4.78, 5) is 10.2. The predicted octanol–water partition coefficient (Wildman–Crippen LogP) is 1.48. The van der Waals surface area contributed by atoms with Gasteiger partial charge in [-0.05, 0) is 12.5 Å². The van der Waals surface area contributed by atoms with Crippen LogP contribution in [0.3, 0.4) is 0 Å². The first kappa shape index (κ1) is 12.9. The van der Waals surface area contributed by atoms with Crippen LogP contribution in [0, 0.1) is 0 Å². The lowest BCUT2D eigenvalue weighted by molar-refractivity contribution is 0.0991. The molecule has 0 aliphatic heterocycles. The minimum Gasteiger partial charge on any atom is -0.364 e. The molecule has 1 atom stereocenters. The molecule has 0 radical (unpaired) electrons. The number of carbonyl (C=O) groups is 1. The van der Waals surface area contributed by atoms with Crippen LogP contribution in [0.5, 0.6) is 0 Å². The Balaban J connectivity index is 0.000000171. The molecule has 90 valence electrons. The summed E-state index contributed by atoms with van der Waals surface area (Å²) >= 11 is 0. The van der Waals surface area contributed by atoms with Crippen molar-refractivity contribution in [3.63, 3.8) is 0 Å². The molecule has 1 heterocycles. The lowest BCUT2D eigenvalue weighted by Gasteiger charge is -2.02. The summed E-state index contributed by atoms with van der Waals surface area (Å²) in [6.45, 7) is 1.98. The zero-order valence-corrected chi connectivity index (χ0v) is 9.54. The molecule has 0 unspecified atom stereocenters. The van der Waals surface area contributed by atoms with E-state index < -0.39 is 5.91 Å². The normalized spacial score (nSPS) is 11.2. The van der Waals surface area contributed by atoms with Gasteiger partial charge in [-0.3, -0.25) is 4.79 Å². The molecular weight excluding hydrogens is 218 g/mol. The first-order valence-electron chi connectivity index (χ1n) is 5.12. The second kappa shape index (κ2) is 6.44. The molecule has 0 aliphatic carbocycles. The molecule has 1 aromatic heterocycles. The molecule has 1 amide bonds. The van der Waals surface area contributed by atoms with Crippen molar-refractivity contribution in [3.05, 3.63) is 53.9 Å². The van der Waals surface area contributed by atoms with Gasteiger partial charge in [-0.1, -0.05) is 35.5 Å². The molecular formula is C12H15N3O2. The Morgan fingerprint density at radius 3 is 2.24 bits per heavy atom. The van der Waals surface area contributed by atoms with Crippen molar-refractivity contribution in [2.24, 2.45) is 11.5 Å². The van der Waals surface area contributed by atoms with Crippen LogP contribution >= 0.6 is 0 Å². The van der Waals surface area contributed by atoms with Gasteiger partial charge in [0.1, 0.15) is 6.26 Å². The van der Waals surface area contributed by atoms with Crippen molar-refractivity contribution in [1.29, 1.82) is 0 Å². The largest absolute Gasteiger partial charge is 0.364 e. The summed E-state index contributed by atoms with van der Waals surface area (Å²) in [5, 5.41) is 3.27. The maximum Gasteiger partial charge on any atom is 0.270 e. The number of hydrogen-bond donors (Lipinski definition) is 2. The summed E-state index contributed by atoms with van der Waals surface area (Å²) in [5.74, 6) is -0.571. The highest BCUT2D eigenvalue weighted by molar-refractivity contribution is 5.90. The fourth-order valence-electron chi connectivity index (χ4n) is 1.10. The number of hydrogen-bond acceptors (Lipinski definition) is 4. The van der Waals surface area contributed by atoms with Crippen molar-refractivity contribution >= 4 is 5.91 Å². The summed E-state index contributed by atoms with van der Waals surface area (Å²) in [7, 11) is 0. The zero-order valence-electron chi connectivity index (χ0n) is 9.54. The molecule has 0 bridgehead atoms. The van der Waals surface area contributed by atoms with Crippen LogP contribution in [0.2, 0.25) is 0 Å². The molecule has 0 fully saturated rings. The summed E-state index contributed by atoms with van der Waals surface area (Å²) in [6, 6.07) is 11.6. The van der Waals surface area contributed by atoms with Gasteiger partial charge in [0.25, 0.3) is 5.91 Å². The van der Waals surface area contributed by atoms with Crippen LogP contribution in [-0.4, -0.2) is 11.1 Å². The van der Waals surface area contributed by atoms with Crippen LogP contribution in [0.15, 0.2) is 47.2 Å². The second-order valence-corrected chi connectivity index (χ2v) is 3.45. The van der Waals surface area contributed by atoms with Crippen LogP contribution < -0.4 is 11.5 Å². The van der Waals surface area contributed by atoms with Crippen molar-refractivity contribution in [2.75, 3.05) is 0 Å². The van der Waals surface area contributed by atoms with Crippen LogP contribution in [0.4, 0.5) is 0 Å². The first-order chi connectivity index (χ1) is 8.11. The van der Waals surface area contributed by atoms with Crippen molar-refractivity contribution in [3.8, 4) is 0 Å². The Kier molecular flexibility index (Phi) is 4.90. The Hall–Kier alpha value is -2.14. The number of nitrogens with zero attached hydrogens (tertiary/aromatic N) is 1. The van der Waals surface area contributed by atoms with Crippen LogP contribution in [-0.2, 0) is 0 Å². The number of aromatic nitrogens is 1. The Morgan fingerprint density at radius 2 is 1.94 bits per heavy atom. The summed E-state index contributed by atoms with van der Waals surface area (Å²) in [5.41, 5.74) is 11.8. The molecule has 0 spiro atoms. The number of primary amides is 1. The third kappa shape index (κ3) is 4.48. The van der Waals surface area contributed by atoms with Crippen molar-refractivity contribution in [2.45, 2.75) is 13.0 Å².